The maximum Gasteiger partial charge on any atom is 0.407 e. The molecule has 0 spiro atoms. The van der Waals surface area contributed by atoms with Gasteiger partial charge in [0.15, 0.2) is 5.82 Å². The van der Waals surface area contributed by atoms with Crippen LogP contribution >= 0.6 is 0 Å². The molecule has 3 rings (SSSR count). The van der Waals surface area contributed by atoms with Crippen LogP contribution in [0.5, 0.6) is 0 Å². The molecule has 3 heterocycles. The zero-order valence-electron chi connectivity index (χ0n) is 16.4. The van der Waals surface area contributed by atoms with Crippen molar-refractivity contribution in [1.82, 2.24) is 25.3 Å². The summed E-state index contributed by atoms with van der Waals surface area (Å²) < 4.78 is 10.8. The maximum atomic E-state index is 12.0. The fraction of sp³-hybridized carbons (Fsp3) is 0.529. The average Bonchev–Trinajstić information content (AvgIpc) is 3.14. The van der Waals surface area contributed by atoms with Crippen LogP contribution in [0.2, 0.25) is 0 Å². The lowest BCUT2D eigenvalue weighted by Gasteiger charge is -2.31. The number of rotatable bonds is 5. The number of alkyl carbamates (subject to hydrolysis) is 1. The quantitative estimate of drug-likeness (QED) is 0.560. The number of ether oxygens (including phenoxy) is 2. The molecule has 12 heteroatoms. The summed E-state index contributed by atoms with van der Waals surface area (Å²) in [4.78, 5) is 28.2. The molecular formula is C17H23N7O5. The molecule has 2 atom stereocenters. The minimum absolute atomic E-state index is 0.178. The van der Waals surface area contributed by atoms with Crippen LogP contribution in [0.25, 0.3) is 5.82 Å². The van der Waals surface area contributed by atoms with Crippen molar-refractivity contribution in [3.63, 3.8) is 0 Å². The van der Waals surface area contributed by atoms with Gasteiger partial charge in [0.1, 0.15) is 17.5 Å². The first-order chi connectivity index (χ1) is 13.7. The SMILES string of the molecule is CC(C)(C)OC(=O)NC1COCC(Nc2cc(-n3nccn3)ncc2[N+](=O)[O-])C1. The first kappa shape index (κ1) is 20.5. The van der Waals surface area contributed by atoms with E-state index in [1.807, 2.05) is 0 Å². The number of nitrogens with one attached hydrogen (secondary N) is 2. The molecule has 2 aromatic rings. The van der Waals surface area contributed by atoms with Crippen molar-refractivity contribution in [2.75, 3.05) is 18.5 Å². The van der Waals surface area contributed by atoms with Crippen molar-refractivity contribution in [3.8, 4) is 5.82 Å². The fourth-order valence-corrected chi connectivity index (χ4v) is 2.87. The molecule has 1 fully saturated rings. The topological polar surface area (TPSA) is 146 Å². The number of nitrogens with zero attached hydrogens (tertiary/aromatic N) is 5. The van der Waals surface area contributed by atoms with Gasteiger partial charge in [-0.3, -0.25) is 10.1 Å². The highest BCUT2D eigenvalue weighted by Gasteiger charge is 2.28. The number of hydrogen-bond donors (Lipinski definition) is 2. The van der Waals surface area contributed by atoms with E-state index >= 15 is 0 Å². The predicted molar refractivity (Wildman–Crippen MR) is 102 cm³/mol. The molecule has 29 heavy (non-hydrogen) atoms. The highest BCUT2D eigenvalue weighted by molar-refractivity contribution is 5.68. The van der Waals surface area contributed by atoms with E-state index in [1.54, 1.807) is 20.8 Å². The Kier molecular flexibility index (Phi) is 5.92. The van der Waals surface area contributed by atoms with Crippen LogP contribution in [0.4, 0.5) is 16.2 Å². The summed E-state index contributed by atoms with van der Waals surface area (Å²) in [5.74, 6) is 0.336. The Morgan fingerprint density at radius 3 is 2.66 bits per heavy atom. The van der Waals surface area contributed by atoms with E-state index in [9.17, 15) is 14.9 Å². The Hall–Kier alpha value is -3.28. The summed E-state index contributed by atoms with van der Waals surface area (Å²) in [6.45, 7) is 6.01. The molecule has 1 aliphatic rings. The van der Waals surface area contributed by atoms with Crippen LogP contribution in [0, 0.1) is 10.1 Å². The maximum absolute atomic E-state index is 12.0. The van der Waals surface area contributed by atoms with Crippen molar-refractivity contribution < 1.29 is 19.2 Å². The van der Waals surface area contributed by atoms with Gasteiger partial charge in [-0.1, -0.05) is 0 Å². The number of hydrogen-bond acceptors (Lipinski definition) is 9. The van der Waals surface area contributed by atoms with Crippen molar-refractivity contribution in [2.45, 2.75) is 44.9 Å². The zero-order chi connectivity index (χ0) is 21.0. The monoisotopic (exact) mass is 405 g/mol. The molecular weight excluding hydrogens is 382 g/mol. The molecule has 2 aromatic heterocycles. The highest BCUT2D eigenvalue weighted by atomic mass is 16.6. The van der Waals surface area contributed by atoms with Crippen molar-refractivity contribution in [1.29, 1.82) is 0 Å². The number of nitro groups is 1. The van der Waals surface area contributed by atoms with Crippen LogP contribution in [0.1, 0.15) is 27.2 Å². The second-order valence-electron chi connectivity index (χ2n) is 7.59. The summed E-state index contributed by atoms with van der Waals surface area (Å²) >= 11 is 0. The molecule has 1 saturated heterocycles. The lowest BCUT2D eigenvalue weighted by molar-refractivity contribution is -0.384. The van der Waals surface area contributed by atoms with Gasteiger partial charge in [0.25, 0.3) is 0 Å². The minimum atomic E-state index is -0.605. The van der Waals surface area contributed by atoms with E-state index in [1.165, 1.54) is 23.3 Å². The molecule has 0 aromatic carbocycles. The van der Waals surface area contributed by atoms with E-state index in [2.05, 4.69) is 25.8 Å². The average molecular weight is 405 g/mol. The highest BCUT2D eigenvalue weighted by Crippen LogP contribution is 2.27. The van der Waals surface area contributed by atoms with Gasteiger partial charge in [-0.25, -0.2) is 9.78 Å². The lowest BCUT2D eigenvalue weighted by atomic mass is 10.1. The van der Waals surface area contributed by atoms with Crippen LogP contribution in [-0.2, 0) is 9.47 Å². The number of carbonyl (C=O) groups excluding carboxylic acids is 1. The van der Waals surface area contributed by atoms with Gasteiger partial charge < -0.3 is 20.1 Å². The minimum Gasteiger partial charge on any atom is -0.444 e. The van der Waals surface area contributed by atoms with Gasteiger partial charge in [-0.15, -0.1) is 4.80 Å². The molecule has 2 unspecified atom stereocenters. The van der Waals surface area contributed by atoms with E-state index < -0.39 is 16.6 Å². The molecule has 1 amide bonds. The second-order valence-corrected chi connectivity index (χ2v) is 7.59. The molecule has 1 aliphatic heterocycles. The normalized spacial score (nSPS) is 19.4. The van der Waals surface area contributed by atoms with Crippen molar-refractivity contribution in [2.24, 2.45) is 0 Å². The van der Waals surface area contributed by atoms with Crippen LogP contribution in [0.3, 0.4) is 0 Å². The molecule has 2 N–H and O–H groups in total. The third-order valence-corrected chi connectivity index (χ3v) is 3.98. The summed E-state index contributed by atoms with van der Waals surface area (Å²) in [6.07, 6.45) is 4.10. The third kappa shape index (κ3) is 5.60. The van der Waals surface area contributed by atoms with Gasteiger partial charge >= 0.3 is 11.8 Å². The van der Waals surface area contributed by atoms with Gasteiger partial charge in [0.05, 0.1) is 42.6 Å². The standard InChI is InChI=1S/C17H23N7O5/c1-17(2,3)29-16(25)22-12-6-11(9-28-10-12)21-13-7-15(23-19-4-5-20-23)18-8-14(13)24(26)27/h4-5,7-8,11-12H,6,9-10H2,1-3H3,(H,18,21)(H,22,25). The van der Waals surface area contributed by atoms with Gasteiger partial charge in [0.2, 0.25) is 0 Å². The largest absolute Gasteiger partial charge is 0.444 e. The van der Waals surface area contributed by atoms with Crippen molar-refractivity contribution >= 4 is 17.5 Å². The van der Waals surface area contributed by atoms with Gasteiger partial charge in [0, 0.05) is 6.07 Å². The summed E-state index contributed by atoms with van der Waals surface area (Å²) in [5.41, 5.74) is -0.516. The zero-order valence-corrected chi connectivity index (χ0v) is 16.4. The molecule has 0 saturated carbocycles. The van der Waals surface area contributed by atoms with Crippen LogP contribution < -0.4 is 10.6 Å². The van der Waals surface area contributed by atoms with Crippen LogP contribution in [0.15, 0.2) is 24.7 Å². The molecule has 0 aliphatic carbocycles. The second kappa shape index (κ2) is 8.39. The van der Waals surface area contributed by atoms with E-state index in [-0.39, 0.29) is 23.5 Å². The number of anilines is 1. The Balaban J connectivity index is 1.70. The van der Waals surface area contributed by atoms with Crippen molar-refractivity contribution in [3.05, 3.63) is 34.8 Å². The Morgan fingerprint density at radius 1 is 1.31 bits per heavy atom. The molecule has 156 valence electrons. The first-order valence-electron chi connectivity index (χ1n) is 9.06. The molecule has 0 radical (unpaired) electrons. The third-order valence-electron chi connectivity index (χ3n) is 3.98. The van der Waals surface area contributed by atoms with Crippen LogP contribution in [-0.4, -0.2) is 61.9 Å². The summed E-state index contributed by atoms with van der Waals surface area (Å²) in [5, 5.41) is 25.2. The Bertz CT molecular complexity index is 866. The van der Waals surface area contributed by atoms with E-state index in [4.69, 9.17) is 9.47 Å². The van der Waals surface area contributed by atoms with E-state index in [0.29, 0.717) is 25.5 Å². The lowest BCUT2D eigenvalue weighted by Crippen LogP contribution is -2.48. The van der Waals surface area contributed by atoms with Gasteiger partial charge in [-0.2, -0.15) is 10.2 Å². The Labute approximate surface area is 166 Å². The number of aromatic nitrogens is 4. The van der Waals surface area contributed by atoms with E-state index in [0.717, 1.165) is 6.20 Å². The van der Waals surface area contributed by atoms with Gasteiger partial charge in [-0.05, 0) is 27.2 Å². The molecule has 12 nitrogen and oxygen atoms in total. The summed E-state index contributed by atoms with van der Waals surface area (Å²) in [6, 6.07) is 0.954. The number of amides is 1. The smallest absolute Gasteiger partial charge is 0.407 e. The molecule has 0 bridgehead atoms. The first-order valence-corrected chi connectivity index (χ1v) is 9.06. The Morgan fingerprint density at radius 2 is 2.00 bits per heavy atom. The number of carbonyl (C=O) groups is 1. The fourth-order valence-electron chi connectivity index (χ4n) is 2.87. The number of pyridine rings is 1. The predicted octanol–water partition coefficient (Wildman–Crippen LogP) is 1.66. The summed E-state index contributed by atoms with van der Waals surface area (Å²) in [7, 11) is 0.